The number of nitrogens with zero attached hydrogens (tertiary/aromatic N) is 1. The third-order valence-corrected chi connectivity index (χ3v) is 19.8. The quantitative estimate of drug-likeness (QED) is 0.117. The number of ether oxygens (including phenoxy) is 1. The first-order valence-electron chi connectivity index (χ1n) is 22.4. The van der Waals surface area contributed by atoms with Crippen molar-refractivity contribution in [2.75, 3.05) is 0 Å². The fraction of sp³-hybridized carbons (Fsp3) is 0. The van der Waals surface area contributed by atoms with Gasteiger partial charge in [0.15, 0.2) is 8.07 Å². The van der Waals surface area contributed by atoms with Crippen LogP contribution in [-0.2, 0) is 0 Å². The van der Waals surface area contributed by atoms with Crippen LogP contribution in [0.1, 0.15) is 0 Å². The Balaban J connectivity index is 0.997. The molecular weight excluding hydrogens is 822 g/mol. The number of para-hydroxylation sites is 3. The molecule has 0 unspecified atom stereocenters. The molecule has 2 aliphatic heterocycles. The molecule has 0 aliphatic carbocycles. The number of hydrogen-bond acceptors (Lipinski definition) is 2. The summed E-state index contributed by atoms with van der Waals surface area (Å²) in [6.45, 7) is 0. The van der Waals surface area contributed by atoms with E-state index in [-0.39, 0.29) is 5.99 Å². The van der Waals surface area contributed by atoms with Crippen LogP contribution in [0.15, 0.2) is 248 Å². The summed E-state index contributed by atoms with van der Waals surface area (Å²) in [6.07, 6.45) is 0. The van der Waals surface area contributed by atoms with E-state index in [0.717, 1.165) is 28.3 Å². The van der Waals surface area contributed by atoms with Crippen LogP contribution in [0, 0.1) is 0 Å². The van der Waals surface area contributed by atoms with Crippen molar-refractivity contribution >= 4 is 79.2 Å². The molecule has 0 atom stereocenters. The Morgan fingerprint density at radius 3 is 1.69 bits per heavy atom. The molecule has 2 nitrogen and oxygen atoms in total. The molecule has 65 heavy (non-hydrogen) atoms. The van der Waals surface area contributed by atoms with Crippen LogP contribution < -0.4 is 36.4 Å². The molecule has 0 spiro atoms. The predicted molar refractivity (Wildman–Crippen MR) is 278 cm³/mol. The summed E-state index contributed by atoms with van der Waals surface area (Å²) < 4.78 is 9.28. The molecule has 0 radical (unpaired) electrons. The largest absolute Gasteiger partial charge is 0.458 e. The monoisotopic (exact) mass is 861 g/mol. The zero-order valence-corrected chi connectivity index (χ0v) is 37.3. The van der Waals surface area contributed by atoms with Gasteiger partial charge in [-0.2, -0.15) is 11.6 Å². The molecule has 0 fully saturated rings. The van der Waals surface area contributed by atoms with Crippen LogP contribution in [0.5, 0.6) is 11.5 Å². The van der Waals surface area contributed by atoms with Gasteiger partial charge >= 0.3 is 0 Å². The van der Waals surface area contributed by atoms with E-state index in [1.807, 2.05) is 11.6 Å². The van der Waals surface area contributed by atoms with Crippen LogP contribution in [-0.4, -0.2) is 18.6 Å². The molecular formula is C60H40BNOSSi. The van der Waals surface area contributed by atoms with Gasteiger partial charge in [-0.25, -0.2) is 0 Å². The summed E-state index contributed by atoms with van der Waals surface area (Å²) in [7, 11) is -2.81. The second-order valence-electron chi connectivity index (χ2n) is 17.1. The Labute approximate surface area is 384 Å². The van der Waals surface area contributed by atoms with Gasteiger partial charge in [0.05, 0.1) is 11.0 Å². The van der Waals surface area contributed by atoms with Gasteiger partial charge in [-0.1, -0.05) is 194 Å². The smallest absolute Gasteiger partial charge is 0.289 e. The first-order chi connectivity index (χ1) is 32.2. The normalized spacial score (nSPS) is 12.6. The number of fused-ring (bicyclic) bond motifs is 7. The highest BCUT2D eigenvalue weighted by Crippen LogP contribution is 2.46. The van der Waals surface area contributed by atoms with Crippen LogP contribution in [0.3, 0.4) is 0 Å². The van der Waals surface area contributed by atoms with E-state index in [1.165, 1.54) is 80.6 Å². The van der Waals surface area contributed by atoms with Crippen molar-refractivity contribution < 1.29 is 4.74 Å². The Morgan fingerprint density at radius 2 is 1.00 bits per heavy atom. The first kappa shape index (κ1) is 37.9. The van der Waals surface area contributed by atoms with Crippen LogP contribution in [0.25, 0.3) is 60.9 Å². The highest BCUT2D eigenvalue weighted by Gasteiger charge is 2.43. The minimum absolute atomic E-state index is 0.0901. The maximum Gasteiger partial charge on any atom is 0.289 e. The Hall–Kier alpha value is -7.57. The Kier molecular flexibility index (Phi) is 8.93. The fourth-order valence-corrected chi connectivity index (χ4v) is 17.2. The molecule has 11 aromatic rings. The molecule has 1 aromatic heterocycles. The van der Waals surface area contributed by atoms with Crippen molar-refractivity contribution in [1.82, 2.24) is 4.57 Å². The highest BCUT2D eigenvalue weighted by molar-refractivity contribution is 8.28. The van der Waals surface area contributed by atoms with Gasteiger partial charge in [-0.3, -0.25) is 0 Å². The lowest BCUT2D eigenvalue weighted by atomic mass is 9.57. The zero-order chi connectivity index (χ0) is 42.9. The Bertz CT molecular complexity index is 3480. The number of benzene rings is 10. The summed E-state index contributed by atoms with van der Waals surface area (Å²) >= 11 is 1.95. The highest BCUT2D eigenvalue weighted by atomic mass is 32.2. The predicted octanol–water partition coefficient (Wildman–Crippen LogP) is 11.5. The van der Waals surface area contributed by atoms with Gasteiger partial charge in [0.1, 0.15) is 11.5 Å². The molecule has 2 aliphatic rings. The molecule has 5 heteroatoms. The molecule has 3 heterocycles. The van der Waals surface area contributed by atoms with Crippen molar-refractivity contribution in [1.29, 1.82) is 0 Å². The average molecular weight is 862 g/mol. The SMILES string of the molecule is c1ccc([Si](c2ccccc2)(c2ccccc2)c2ccccc2-c2ccc3c(c2)SB2c4ccccc4Oc4cc(-c5cccc(-n6c7ccccc7c7ccccc76)c5)cc-3c42)cc1. The number of rotatable bonds is 7. The van der Waals surface area contributed by atoms with Crippen LogP contribution in [0.2, 0.25) is 0 Å². The molecule has 0 saturated carbocycles. The van der Waals surface area contributed by atoms with E-state index in [4.69, 9.17) is 4.74 Å². The van der Waals surface area contributed by atoms with E-state index in [2.05, 4.69) is 247 Å². The van der Waals surface area contributed by atoms with Crippen molar-refractivity contribution in [3.8, 4) is 50.6 Å². The minimum atomic E-state index is -2.81. The van der Waals surface area contributed by atoms with E-state index in [9.17, 15) is 0 Å². The summed E-state index contributed by atoms with van der Waals surface area (Å²) in [5.41, 5.74) is 13.3. The second kappa shape index (κ2) is 15.3. The standard InChI is InChI=1S/C60H40BNOSSi/c1-4-21-45(22-5-1)65(46-23-6-2-7-24-46,47-25-8-3-9-26-47)59-34-17-12-27-48(59)42-35-36-51-52-38-43(39-57-60(52)61(64-58(51)40-42)53-30-13-16-33-56(53)63-57)41-19-18-20-44(37-41)62-54-31-14-10-28-49(54)50-29-11-15-32-55(50)62/h1-40H. The Morgan fingerprint density at radius 1 is 0.400 bits per heavy atom. The van der Waals surface area contributed by atoms with Crippen molar-refractivity contribution in [3.63, 3.8) is 0 Å². The molecule has 0 saturated heterocycles. The van der Waals surface area contributed by atoms with Gasteiger partial charge in [0.2, 0.25) is 0 Å². The van der Waals surface area contributed by atoms with E-state index in [0.29, 0.717) is 0 Å². The summed E-state index contributed by atoms with van der Waals surface area (Å²) in [5.74, 6) is 1.95. The van der Waals surface area contributed by atoms with Crippen molar-refractivity contribution in [2.24, 2.45) is 0 Å². The van der Waals surface area contributed by atoms with Crippen molar-refractivity contribution in [3.05, 3.63) is 243 Å². The third kappa shape index (κ3) is 5.96. The van der Waals surface area contributed by atoms with E-state index < -0.39 is 8.07 Å². The molecule has 10 aromatic carbocycles. The molecule has 0 N–H and O–H groups in total. The van der Waals surface area contributed by atoms with Gasteiger partial charge in [0, 0.05) is 21.4 Å². The minimum Gasteiger partial charge on any atom is -0.458 e. The third-order valence-electron chi connectivity index (χ3n) is 13.6. The molecule has 0 amide bonds. The maximum atomic E-state index is 6.88. The maximum absolute atomic E-state index is 6.88. The van der Waals surface area contributed by atoms with Gasteiger partial charge < -0.3 is 9.30 Å². The molecule has 0 bridgehead atoms. The lowest BCUT2D eigenvalue weighted by molar-refractivity contribution is 0.488. The van der Waals surface area contributed by atoms with E-state index in [1.54, 1.807) is 0 Å². The first-order valence-corrected chi connectivity index (χ1v) is 25.2. The summed E-state index contributed by atoms with van der Waals surface area (Å²) in [4.78, 5) is 1.28. The molecule has 13 rings (SSSR count). The van der Waals surface area contributed by atoms with E-state index >= 15 is 0 Å². The van der Waals surface area contributed by atoms with Gasteiger partial charge in [0.25, 0.3) is 5.99 Å². The lowest BCUT2D eigenvalue weighted by Gasteiger charge is -2.36. The summed E-state index contributed by atoms with van der Waals surface area (Å²) in [6, 6.07) is 89.8. The van der Waals surface area contributed by atoms with Gasteiger partial charge in [-0.15, -0.1) is 0 Å². The number of aromatic nitrogens is 1. The van der Waals surface area contributed by atoms with Gasteiger partial charge in [-0.05, 0) is 114 Å². The second-order valence-corrected chi connectivity index (χ2v) is 22.0. The summed E-state index contributed by atoms with van der Waals surface area (Å²) in [5, 5.41) is 8.00. The molecule has 304 valence electrons. The van der Waals surface area contributed by atoms with Crippen molar-refractivity contribution in [2.45, 2.75) is 4.90 Å². The van der Waals surface area contributed by atoms with Crippen LogP contribution in [0.4, 0.5) is 0 Å². The van der Waals surface area contributed by atoms with Crippen LogP contribution >= 0.6 is 11.6 Å². The number of hydrogen-bond donors (Lipinski definition) is 0. The zero-order valence-electron chi connectivity index (χ0n) is 35.4. The fourth-order valence-electron chi connectivity index (χ4n) is 10.8. The topological polar surface area (TPSA) is 14.2 Å². The average Bonchev–Trinajstić information content (AvgIpc) is 3.72. The lowest BCUT2D eigenvalue weighted by Crippen LogP contribution is -2.75.